The molecule has 0 aliphatic rings. The number of aromatic hydroxyl groups is 1. The van der Waals surface area contributed by atoms with E-state index in [4.69, 9.17) is 0 Å². The molecule has 1 aromatic carbocycles. The summed E-state index contributed by atoms with van der Waals surface area (Å²) in [7, 11) is 0. The van der Waals surface area contributed by atoms with Crippen molar-refractivity contribution < 1.29 is 5.11 Å². The van der Waals surface area contributed by atoms with Gasteiger partial charge in [0.05, 0.1) is 3.74 Å². The third-order valence-electron chi connectivity index (χ3n) is 1.86. The lowest BCUT2D eigenvalue weighted by Gasteiger charge is -2.04. The highest BCUT2D eigenvalue weighted by Gasteiger charge is 2.01. The average molecular weight is 308 g/mol. The van der Waals surface area contributed by atoms with Gasteiger partial charge in [-0.1, -0.05) is 50.1 Å². The van der Waals surface area contributed by atoms with E-state index in [9.17, 15) is 5.11 Å². The standard InChI is InChI=1S/C10H12Br2O/c11-10(12)7-3-5-8-4-1-2-6-9(8)13/h1-2,4,6,10,13H,3,5,7H2. The normalized spacial score (nSPS) is 10.7. The van der Waals surface area contributed by atoms with Crippen molar-refractivity contribution in [1.82, 2.24) is 0 Å². The van der Waals surface area contributed by atoms with E-state index >= 15 is 0 Å². The van der Waals surface area contributed by atoms with Crippen molar-refractivity contribution in [1.29, 1.82) is 0 Å². The van der Waals surface area contributed by atoms with Gasteiger partial charge in [0.25, 0.3) is 0 Å². The Morgan fingerprint density at radius 3 is 2.54 bits per heavy atom. The van der Waals surface area contributed by atoms with E-state index in [1.807, 2.05) is 18.2 Å². The lowest BCUT2D eigenvalue weighted by molar-refractivity contribution is 0.467. The maximum atomic E-state index is 9.45. The summed E-state index contributed by atoms with van der Waals surface area (Å²) in [6.07, 6.45) is 3.06. The Morgan fingerprint density at radius 1 is 1.23 bits per heavy atom. The SMILES string of the molecule is Oc1ccccc1CCCC(Br)Br. The number of halogens is 2. The van der Waals surface area contributed by atoms with Gasteiger partial charge in [-0.25, -0.2) is 0 Å². The van der Waals surface area contributed by atoms with Crippen LogP contribution in [-0.2, 0) is 6.42 Å². The van der Waals surface area contributed by atoms with Crippen LogP contribution in [0.15, 0.2) is 24.3 Å². The molecule has 1 N–H and O–H groups in total. The average Bonchev–Trinajstić information content (AvgIpc) is 2.08. The number of para-hydroxylation sites is 1. The molecule has 1 aromatic rings. The third-order valence-corrected chi connectivity index (χ3v) is 2.78. The molecule has 0 unspecified atom stereocenters. The largest absolute Gasteiger partial charge is 0.508 e. The molecule has 0 atom stereocenters. The third kappa shape index (κ3) is 4.14. The number of phenolic OH excluding ortho intramolecular Hbond substituents is 1. The summed E-state index contributed by atoms with van der Waals surface area (Å²) in [5.41, 5.74) is 1.03. The molecule has 72 valence electrons. The molecule has 0 aromatic heterocycles. The molecule has 0 spiro atoms. The number of benzene rings is 1. The molecule has 0 saturated carbocycles. The molecule has 0 heterocycles. The molecule has 1 rings (SSSR count). The van der Waals surface area contributed by atoms with Crippen molar-refractivity contribution in [3.05, 3.63) is 29.8 Å². The highest BCUT2D eigenvalue weighted by molar-refractivity contribution is 9.24. The minimum atomic E-state index is 0.380. The van der Waals surface area contributed by atoms with Gasteiger partial charge in [-0.05, 0) is 30.9 Å². The summed E-state index contributed by atoms with van der Waals surface area (Å²) >= 11 is 6.84. The zero-order valence-electron chi connectivity index (χ0n) is 7.21. The van der Waals surface area contributed by atoms with Gasteiger partial charge in [-0.3, -0.25) is 0 Å². The topological polar surface area (TPSA) is 20.2 Å². The Hall–Kier alpha value is -0.0200. The maximum Gasteiger partial charge on any atom is 0.118 e. The van der Waals surface area contributed by atoms with Gasteiger partial charge >= 0.3 is 0 Å². The molecule has 0 amide bonds. The van der Waals surface area contributed by atoms with Crippen LogP contribution in [0.2, 0.25) is 0 Å². The van der Waals surface area contributed by atoms with Gasteiger partial charge in [-0.2, -0.15) is 0 Å². The first-order chi connectivity index (χ1) is 6.20. The Kier molecular flexibility index (Phi) is 4.81. The van der Waals surface area contributed by atoms with Gasteiger partial charge in [0.1, 0.15) is 5.75 Å². The van der Waals surface area contributed by atoms with Crippen molar-refractivity contribution in [2.24, 2.45) is 0 Å². The fourth-order valence-electron chi connectivity index (χ4n) is 1.17. The second kappa shape index (κ2) is 5.66. The zero-order valence-corrected chi connectivity index (χ0v) is 10.4. The molecule has 0 aliphatic heterocycles. The van der Waals surface area contributed by atoms with Crippen LogP contribution in [0.25, 0.3) is 0 Å². The van der Waals surface area contributed by atoms with Crippen LogP contribution in [-0.4, -0.2) is 8.84 Å². The van der Waals surface area contributed by atoms with Crippen LogP contribution in [0, 0.1) is 0 Å². The molecule has 0 saturated heterocycles. The minimum absolute atomic E-state index is 0.380. The van der Waals surface area contributed by atoms with Crippen molar-refractivity contribution >= 4 is 31.9 Å². The molecule has 0 radical (unpaired) electrons. The first kappa shape index (κ1) is 11.1. The highest BCUT2D eigenvalue weighted by Crippen LogP contribution is 2.21. The molecule has 0 bridgehead atoms. The number of alkyl halides is 2. The van der Waals surface area contributed by atoms with Gasteiger partial charge in [0.15, 0.2) is 0 Å². The van der Waals surface area contributed by atoms with Crippen molar-refractivity contribution in [2.75, 3.05) is 0 Å². The number of hydrogen-bond donors (Lipinski definition) is 1. The van der Waals surface area contributed by atoms with Crippen molar-refractivity contribution in [3.8, 4) is 5.75 Å². The van der Waals surface area contributed by atoms with Gasteiger partial charge in [-0.15, -0.1) is 0 Å². The Bertz CT molecular complexity index is 261. The molecule has 3 heteroatoms. The predicted molar refractivity (Wildman–Crippen MR) is 62.7 cm³/mol. The summed E-state index contributed by atoms with van der Waals surface area (Å²) in [5, 5.41) is 9.45. The monoisotopic (exact) mass is 306 g/mol. The molecular weight excluding hydrogens is 296 g/mol. The zero-order chi connectivity index (χ0) is 9.68. The summed E-state index contributed by atoms with van der Waals surface area (Å²) < 4.78 is 0.380. The predicted octanol–water partition coefficient (Wildman–Crippen LogP) is 3.83. The molecular formula is C10H12Br2O. The Labute approximate surface area is 95.4 Å². The van der Waals surface area contributed by atoms with E-state index in [2.05, 4.69) is 31.9 Å². The van der Waals surface area contributed by atoms with Gasteiger partial charge in [0.2, 0.25) is 0 Å². The summed E-state index contributed by atoms with van der Waals surface area (Å²) in [6.45, 7) is 0. The number of rotatable bonds is 4. The van der Waals surface area contributed by atoms with Crippen LogP contribution in [0.1, 0.15) is 18.4 Å². The summed E-state index contributed by atoms with van der Waals surface area (Å²) in [6, 6.07) is 7.49. The molecule has 1 nitrogen and oxygen atoms in total. The Morgan fingerprint density at radius 2 is 1.92 bits per heavy atom. The molecule has 0 aliphatic carbocycles. The quantitative estimate of drug-likeness (QED) is 0.838. The van der Waals surface area contributed by atoms with E-state index < -0.39 is 0 Å². The minimum Gasteiger partial charge on any atom is -0.508 e. The van der Waals surface area contributed by atoms with E-state index in [0.29, 0.717) is 9.49 Å². The van der Waals surface area contributed by atoms with E-state index in [-0.39, 0.29) is 0 Å². The second-order valence-electron chi connectivity index (χ2n) is 2.91. The van der Waals surface area contributed by atoms with E-state index in [1.54, 1.807) is 6.07 Å². The fraction of sp³-hybridized carbons (Fsp3) is 0.400. The second-order valence-corrected chi connectivity index (χ2v) is 6.35. The first-order valence-electron chi connectivity index (χ1n) is 4.25. The van der Waals surface area contributed by atoms with E-state index in [1.165, 1.54) is 0 Å². The highest BCUT2D eigenvalue weighted by atomic mass is 79.9. The number of aryl methyl sites for hydroxylation is 1. The lowest BCUT2D eigenvalue weighted by atomic mass is 10.1. The van der Waals surface area contributed by atoms with Crippen molar-refractivity contribution in [2.45, 2.75) is 23.0 Å². The van der Waals surface area contributed by atoms with E-state index in [0.717, 1.165) is 24.8 Å². The van der Waals surface area contributed by atoms with Gasteiger partial charge in [0, 0.05) is 0 Å². The van der Waals surface area contributed by atoms with Crippen LogP contribution < -0.4 is 0 Å². The summed E-state index contributed by atoms with van der Waals surface area (Å²) in [5.74, 6) is 0.406. The molecule has 0 fully saturated rings. The summed E-state index contributed by atoms with van der Waals surface area (Å²) in [4.78, 5) is 0. The maximum absolute atomic E-state index is 9.45. The van der Waals surface area contributed by atoms with Crippen molar-refractivity contribution in [3.63, 3.8) is 0 Å². The lowest BCUT2D eigenvalue weighted by Crippen LogP contribution is -1.90. The van der Waals surface area contributed by atoms with Crippen LogP contribution >= 0.6 is 31.9 Å². The van der Waals surface area contributed by atoms with Crippen LogP contribution in [0.4, 0.5) is 0 Å². The number of phenols is 1. The van der Waals surface area contributed by atoms with Gasteiger partial charge < -0.3 is 5.11 Å². The number of hydrogen-bond acceptors (Lipinski definition) is 1. The smallest absolute Gasteiger partial charge is 0.118 e. The Balaban J connectivity index is 2.41. The van der Waals surface area contributed by atoms with Crippen LogP contribution in [0.3, 0.4) is 0 Å². The van der Waals surface area contributed by atoms with Crippen LogP contribution in [0.5, 0.6) is 5.75 Å². The first-order valence-corrected chi connectivity index (χ1v) is 6.08. The molecule has 13 heavy (non-hydrogen) atoms. The fourth-order valence-corrected chi connectivity index (χ4v) is 1.82.